The first-order chi connectivity index (χ1) is 49.0. The number of fused-ring (bicyclic) bond motifs is 7. The number of aryl methyl sites for hydroxylation is 2. The van der Waals surface area contributed by atoms with Gasteiger partial charge in [0.25, 0.3) is 0 Å². The van der Waals surface area contributed by atoms with Gasteiger partial charge in [0.1, 0.15) is 24.4 Å². The molecule has 7 amide bonds. The number of phosphoric ester groups is 1. The Balaban J connectivity index is 1.16. The van der Waals surface area contributed by atoms with Crippen molar-refractivity contribution in [3.8, 4) is 0 Å². The number of amides is 7. The second kappa shape index (κ2) is 33.2. The van der Waals surface area contributed by atoms with Gasteiger partial charge < -0.3 is 90.0 Å². The Morgan fingerprint density at radius 1 is 0.829 bits per heavy atom. The molecule has 6 aliphatic rings. The number of carbonyl (C=O) groups is 8. The lowest BCUT2D eigenvalue weighted by Gasteiger charge is -2.48. The number of nitrogens with zero attached hydrogens (tertiary/aromatic N) is 5. The molecule has 1 unspecified atom stereocenters. The van der Waals surface area contributed by atoms with Gasteiger partial charge in [0.05, 0.1) is 47.4 Å². The highest BCUT2D eigenvalue weighted by atomic mass is 32.2. The largest absolute Gasteiger partial charge is 0.862 e. The Bertz CT molecular complexity index is 4000. The Morgan fingerprint density at radius 3 is 2.08 bits per heavy atom. The Morgan fingerprint density at radius 2 is 1.46 bits per heavy atom. The monoisotopic (exact) mass is 1500 g/mol. The molecule has 0 spiro atoms. The first kappa shape index (κ1) is 82.9. The number of hydrogen-bond acceptors (Lipinski definition) is 23. The number of aliphatic imine (C=N–C) groups is 3. The number of hydrogen-bond donors (Lipinski definition) is 14. The van der Waals surface area contributed by atoms with Crippen LogP contribution in [0.15, 0.2) is 67.8 Å². The molecule has 0 saturated carbocycles. The van der Waals surface area contributed by atoms with Crippen LogP contribution in [0, 0.1) is 64.6 Å². The Labute approximate surface area is 615 Å². The number of carbonyl (C=O) groups excluding carboxylic acids is 7. The summed E-state index contributed by atoms with van der Waals surface area (Å²) in [5.74, 6) is -9.02. The molecule has 16 atom stereocenters. The minimum atomic E-state index is -5.11. The number of aromatic nitrogens is 2. The van der Waals surface area contributed by atoms with Gasteiger partial charge in [-0.1, -0.05) is 34.6 Å². The number of phosphoric acid groups is 1. The van der Waals surface area contributed by atoms with Crippen LogP contribution in [0.25, 0.3) is 11.0 Å². The number of aliphatic hydroxyl groups excluding tert-OH is 2. The van der Waals surface area contributed by atoms with E-state index in [4.69, 9.17) is 67.9 Å². The van der Waals surface area contributed by atoms with E-state index in [0.717, 1.165) is 22.9 Å². The molecule has 6 aliphatic heterocycles. The predicted octanol–water partition coefficient (Wildman–Crippen LogP) is 2.69. The number of imidazole rings is 1. The van der Waals surface area contributed by atoms with Crippen LogP contribution < -0.4 is 55.0 Å². The van der Waals surface area contributed by atoms with Crippen molar-refractivity contribution in [2.45, 2.75) is 208 Å². The summed E-state index contributed by atoms with van der Waals surface area (Å²) in [5, 5.41) is 64.0. The summed E-state index contributed by atoms with van der Waals surface area (Å²) in [7, 11) is -5.11. The highest BCUT2D eigenvalue weighted by molar-refractivity contribution is 8.00. The number of aliphatic carboxylic acids is 1. The summed E-state index contributed by atoms with van der Waals surface area (Å²) >= 11 is 1.09. The smallest absolute Gasteiger partial charge is 0.472 e. The number of nitrogens with two attached hydrogens (primary N) is 5. The Kier molecular flexibility index (Phi) is 26.2. The second-order valence-electron chi connectivity index (χ2n) is 30.4. The molecule has 0 radical (unpaired) electrons. The molecule has 2 saturated heterocycles. The van der Waals surface area contributed by atoms with Crippen molar-refractivity contribution in [3.05, 3.63) is 63.9 Å². The van der Waals surface area contributed by atoms with Gasteiger partial charge in [-0.05, 0) is 133 Å². The van der Waals surface area contributed by atoms with Crippen molar-refractivity contribution < 1.29 is 82.0 Å². The van der Waals surface area contributed by atoms with Gasteiger partial charge in [-0.3, -0.25) is 62.4 Å². The highest BCUT2D eigenvalue weighted by Gasteiger charge is 2.66. The lowest BCUT2D eigenvalue weighted by molar-refractivity contribution is -0.220. The average molecular weight is 1500 g/mol. The minimum Gasteiger partial charge on any atom is -0.862 e. The SMILES string of the molecule is C/C1=C2N=C(/C=C3\N/C(=C(/C)C4=N[C@](C)([C@@H]5N=C1[C@](C)(CCC(=O)NC[C@@H](C)OP(=O)(O)O[C@H]1[C@@H](O)[C@@H](n6cnc7cc(C)c(C)cc76)O[C@H]1CO)[C@H]5CC(N)=O)[C@@](C)(CC(N)=O)[C@@H]4CCC(=O)NCCCCNC(=O)CSC[C@H](N)C(=O)O)[C@@](C)(CC(N)=O)[C@@H]3CCC(=N)[O-])C(C)(C)[C@@H]/2CCC(N)=O. The maximum absolute atomic E-state index is 14.5. The number of unbranched alkanes of at least 4 members (excludes halogenated alkanes) is 1. The number of carboxylic acid groups (broad SMARTS) is 1. The van der Waals surface area contributed by atoms with Crippen LogP contribution >= 0.6 is 19.6 Å². The lowest BCUT2D eigenvalue weighted by Crippen LogP contribution is -2.56. The predicted molar refractivity (Wildman–Crippen MR) is 391 cm³/mol. The van der Waals surface area contributed by atoms with Crippen LogP contribution in [0.5, 0.6) is 0 Å². The van der Waals surface area contributed by atoms with E-state index in [0.29, 0.717) is 69.2 Å². The van der Waals surface area contributed by atoms with Crippen molar-refractivity contribution >= 4 is 101 Å². The molecule has 105 heavy (non-hydrogen) atoms. The number of ether oxygens (including phenoxy) is 1. The highest BCUT2D eigenvalue weighted by Crippen LogP contribution is 2.63. The van der Waals surface area contributed by atoms with Gasteiger partial charge in [-0.2, -0.15) is 0 Å². The van der Waals surface area contributed by atoms with E-state index >= 15 is 0 Å². The fourth-order valence-electron chi connectivity index (χ4n) is 16.6. The zero-order valence-electron chi connectivity index (χ0n) is 61.7. The number of primary amides is 4. The van der Waals surface area contributed by atoms with Crippen LogP contribution in [0.4, 0.5) is 0 Å². The van der Waals surface area contributed by atoms with Gasteiger partial charge in [-0.15, -0.1) is 11.8 Å². The number of nitrogens with one attached hydrogen (secondary N) is 5. The number of rotatable bonds is 36. The third-order valence-corrected chi connectivity index (χ3v) is 24.8. The average Bonchev–Trinajstić information content (AvgIpc) is 1.53. The molecule has 2 fully saturated rings. The first-order valence-corrected chi connectivity index (χ1v) is 38.2. The van der Waals surface area contributed by atoms with E-state index in [1.807, 2.05) is 80.5 Å². The third-order valence-electron chi connectivity index (χ3n) is 22.6. The number of allylic oxidation sites excluding steroid dienone is 6. The minimum absolute atomic E-state index is 0.00800. The third kappa shape index (κ3) is 17.9. The molecule has 2 aromatic rings. The summed E-state index contributed by atoms with van der Waals surface area (Å²) in [6, 6.07) is 1.51. The van der Waals surface area contributed by atoms with Crippen LogP contribution in [0.1, 0.15) is 163 Å². The zero-order valence-corrected chi connectivity index (χ0v) is 63.4. The summed E-state index contributed by atoms with van der Waals surface area (Å²) in [6.45, 7) is 19.6. The molecular formula is C71H105N15O17PS-. The van der Waals surface area contributed by atoms with Crippen LogP contribution in [-0.2, 0) is 56.7 Å². The molecule has 0 aliphatic carbocycles. The van der Waals surface area contributed by atoms with Gasteiger partial charge in [0, 0.05) is 143 Å². The molecule has 32 nitrogen and oxygen atoms in total. The van der Waals surface area contributed by atoms with Crippen molar-refractivity contribution in [2.24, 2.45) is 89.0 Å². The summed E-state index contributed by atoms with van der Waals surface area (Å²) in [4.78, 5) is 139. The number of aliphatic hydroxyl groups is 2. The fraction of sp³-hybridized carbons (Fsp3) is 0.648. The molecule has 1 aromatic heterocycles. The normalized spacial score (nSPS) is 31.2. The topological polar surface area (TPSA) is 542 Å². The van der Waals surface area contributed by atoms with Crippen molar-refractivity contribution in [1.29, 1.82) is 5.41 Å². The lowest BCUT2D eigenvalue weighted by atomic mass is 9.55. The molecule has 8 rings (SSSR count). The van der Waals surface area contributed by atoms with Gasteiger partial charge in [0.2, 0.25) is 41.4 Å². The number of thioether (sulfide) groups is 1. The van der Waals surface area contributed by atoms with Crippen LogP contribution in [0.3, 0.4) is 0 Å². The Hall–Kier alpha value is -7.75. The van der Waals surface area contributed by atoms with Gasteiger partial charge in [-0.25, -0.2) is 9.55 Å². The van der Waals surface area contributed by atoms with E-state index < -0.39 is 149 Å². The second-order valence-corrected chi connectivity index (χ2v) is 32.8. The van der Waals surface area contributed by atoms with Crippen molar-refractivity contribution in [1.82, 2.24) is 30.8 Å². The van der Waals surface area contributed by atoms with Crippen LogP contribution in [0.2, 0.25) is 0 Å². The maximum Gasteiger partial charge on any atom is 0.472 e. The number of carboxylic acids is 1. The van der Waals surface area contributed by atoms with E-state index in [-0.39, 0.29) is 114 Å². The van der Waals surface area contributed by atoms with Gasteiger partial charge >= 0.3 is 13.8 Å². The molecule has 8 bridgehead atoms. The standard InChI is InChI=1S/C71H106N15O17PS/c1-35-24-46-47(25-36(35)2)86(34-81-46)65-60(96)61(48(31-87)101-65)103-104(99,100)102-37(3)30-80-56(94)20-21-68(8)43(26-52(75)90)64-71(11)70(10,29-54(77)92)42(16-19-55(93)78-22-12-13-23-79-57(95)33-105-32-44(72)66(97)98)59(85-71)39(5)63-69(9,28-53(76)91)40(14-17-50(73)88)45(82-63)27-49-67(6,7)41(15-18-51(74)89)58(83-49)38(4)62(68)84-64/h24-25,27,34,37,40-44,48,60-61,64-65,82,87,96H,12-23,26,28-33,72H2,1-11H3,(H2,73,88)(H2,74,89)(H2,75,90)(H2,76,91)(H2,77,92)(H,78,93)(H,79,95)(H,80,94)(H,97,98)(H,99,100)/p-1/b45-27-,58-38-,63-39-/t37-,40-,41-,42-,43+,44+,48+,60-,61-,64-,65+,68-,69+,70+,71-/m1/s1. The van der Waals surface area contributed by atoms with E-state index in [9.17, 15) is 63.1 Å². The molecule has 34 heteroatoms. The first-order valence-electron chi connectivity index (χ1n) is 35.5. The summed E-state index contributed by atoms with van der Waals surface area (Å²) in [5.41, 5.74) is 30.8. The van der Waals surface area contributed by atoms with Crippen molar-refractivity contribution in [2.75, 3.05) is 37.7 Å². The van der Waals surface area contributed by atoms with Crippen LogP contribution in [-0.4, -0.2) is 180 Å². The van der Waals surface area contributed by atoms with E-state index in [1.54, 1.807) is 11.5 Å². The summed E-state index contributed by atoms with van der Waals surface area (Å²) < 4.78 is 32.4. The summed E-state index contributed by atoms with van der Waals surface area (Å²) in [6.07, 6.45) is -4.00. The molecular weight excluding hydrogens is 1400 g/mol. The van der Waals surface area contributed by atoms with E-state index in [2.05, 4.69) is 26.3 Å². The number of benzene rings is 1. The maximum atomic E-state index is 14.5. The quantitative estimate of drug-likeness (QED) is 0.0202. The molecule has 7 heterocycles. The molecule has 578 valence electrons. The fourth-order valence-corrected chi connectivity index (χ4v) is 18.6. The molecule has 1 aromatic carbocycles. The van der Waals surface area contributed by atoms with Gasteiger partial charge in [0.15, 0.2) is 6.23 Å². The van der Waals surface area contributed by atoms with E-state index in [1.165, 1.54) is 13.3 Å². The zero-order chi connectivity index (χ0) is 77.8. The molecule has 19 N–H and O–H groups in total. The van der Waals surface area contributed by atoms with Crippen molar-refractivity contribution in [3.63, 3.8) is 0 Å².